The second-order valence-corrected chi connectivity index (χ2v) is 6.71. The summed E-state index contributed by atoms with van der Waals surface area (Å²) in [7, 11) is 0. The molecule has 1 aromatic heterocycles. The Morgan fingerprint density at radius 1 is 1.35 bits per heavy atom. The van der Waals surface area contributed by atoms with E-state index in [1.165, 1.54) is 0 Å². The van der Waals surface area contributed by atoms with Crippen LogP contribution in [0.2, 0.25) is 0 Å². The number of aliphatic hydroxyl groups is 1. The first-order valence-corrected chi connectivity index (χ1v) is 7.91. The first-order chi connectivity index (χ1) is 10.8. The number of hydrogen-bond acceptors (Lipinski definition) is 3. The molecule has 23 heavy (non-hydrogen) atoms. The number of carbonyl (C=O) groups is 1. The molecule has 5 nitrogen and oxygen atoms in total. The highest BCUT2D eigenvalue weighted by Gasteiger charge is 2.22. The highest BCUT2D eigenvalue weighted by Crippen LogP contribution is 2.16. The molecule has 0 aliphatic carbocycles. The van der Waals surface area contributed by atoms with Crippen LogP contribution >= 0.6 is 0 Å². The van der Waals surface area contributed by atoms with Gasteiger partial charge in [0.2, 0.25) is 0 Å². The summed E-state index contributed by atoms with van der Waals surface area (Å²) in [6.07, 6.45) is 1.49. The van der Waals surface area contributed by atoms with Crippen LogP contribution in [-0.2, 0) is 0 Å². The van der Waals surface area contributed by atoms with Crippen LogP contribution in [-0.4, -0.2) is 28.1 Å². The number of amides is 1. The normalized spacial score (nSPS) is 14.0. The number of pyridine rings is 1. The summed E-state index contributed by atoms with van der Waals surface area (Å²) >= 11 is 0. The third kappa shape index (κ3) is 4.66. The monoisotopic (exact) mass is 316 g/mol. The van der Waals surface area contributed by atoms with Gasteiger partial charge in [-0.2, -0.15) is 0 Å². The minimum atomic E-state index is -0.961. The van der Waals surface area contributed by atoms with Crippen molar-refractivity contribution in [2.75, 3.05) is 6.54 Å². The van der Waals surface area contributed by atoms with E-state index in [-0.39, 0.29) is 17.8 Å². The summed E-state index contributed by atoms with van der Waals surface area (Å²) in [6.45, 7) is 6.04. The minimum Gasteiger partial charge on any atom is -0.388 e. The number of fused-ring (bicyclic) bond motifs is 1. The van der Waals surface area contributed by atoms with Crippen molar-refractivity contribution in [3.63, 3.8) is 0 Å². The molecule has 2 aromatic rings. The molecule has 5 heteroatoms. The van der Waals surface area contributed by atoms with E-state index in [1.54, 1.807) is 31.2 Å². The maximum Gasteiger partial charge on any atom is 0.267 e. The predicted octanol–water partition coefficient (Wildman–Crippen LogP) is 2.45. The second kappa shape index (κ2) is 6.96. The first-order valence-electron chi connectivity index (χ1n) is 7.91. The standard InChI is InChI=1S/C18H24N2O3/c1-12(2)8-9-18(3,23)11-19-17(22)15-10-13-6-4-5-7-14(13)16(21)20-15/h4-7,10,12,23H,8-9,11H2,1-3H3,(H,19,22)(H,20,21). The average molecular weight is 316 g/mol. The van der Waals surface area contributed by atoms with Gasteiger partial charge in [0.25, 0.3) is 11.5 Å². The molecule has 0 aliphatic heterocycles. The topological polar surface area (TPSA) is 82.2 Å². The summed E-state index contributed by atoms with van der Waals surface area (Å²) in [5.41, 5.74) is -1.05. The fourth-order valence-electron chi connectivity index (χ4n) is 2.39. The summed E-state index contributed by atoms with van der Waals surface area (Å²) in [6, 6.07) is 8.75. The summed E-state index contributed by atoms with van der Waals surface area (Å²) in [5, 5.41) is 14.3. The van der Waals surface area contributed by atoms with Gasteiger partial charge in [-0.25, -0.2) is 0 Å². The molecule has 0 saturated carbocycles. The van der Waals surface area contributed by atoms with Crippen LogP contribution in [0.5, 0.6) is 0 Å². The second-order valence-electron chi connectivity index (χ2n) is 6.71. The van der Waals surface area contributed by atoms with Crippen LogP contribution in [0.4, 0.5) is 0 Å². The molecule has 3 N–H and O–H groups in total. The van der Waals surface area contributed by atoms with Gasteiger partial charge < -0.3 is 15.4 Å². The van der Waals surface area contributed by atoms with E-state index in [4.69, 9.17) is 0 Å². The maximum atomic E-state index is 12.2. The summed E-state index contributed by atoms with van der Waals surface area (Å²) in [4.78, 5) is 26.8. The van der Waals surface area contributed by atoms with Gasteiger partial charge in [-0.15, -0.1) is 0 Å². The van der Waals surface area contributed by atoms with Gasteiger partial charge in [-0.3, -0.25) is 9.59 Å². The van der Waals surface area contributed by atoms with Crippen LogP contribution in [0.3, 0.4) is 0 Å². The van der Waals surface area contributed by atoms with Crippen LogP contribution in [0.15, 0.2) is 35.1 Å². The zero-order valence-electron chi connectivity index (χ0n) is 13.8. The Kier molecular flexibility index (Phi) is 5.21. The highest BCUT2D eigenvalue weighted by atomic mass is 16.3. The number of hydrogen-bond donors (Lipinski definition) is 3. The number of benzene rings is 1. The van der Waals surface area contributed by atoms with Crippen molar-refractivity contribution in [1.82, 2.24) is 10.3 Å². The molecular formula is C18H24N2O3. The van der Waals surface area contributed by atoms with Crippen molar-refractivity contribution in [3.8, 4) is 0 Å². The number of carbonyl (C=O) groups excluding carboxylic acids is 1. The number of aromatic nitrogens is 1. The third-order valence-corrected chi connectivity index (χ3v) is 3.89. The van der Waals surface area contributed by atoms with Gasteiger partial charge in [0.05, 0.1) is 5.60 Å². The van der Waals surface area contributed by atoms with Gasteiger partial charge in [0.1, 0.15) is 5.69 Å². The molecule has 0 fully saturated rings. The largest absolute Gasteiger partial charge is 0.388 e. The molecule has 0 bridgehead atoms. The predicted molar refractivity (Wildman–Crippen MR) is 91.6 cm³/mol. The van der Waals surface area contributed by atoms with Crippen molar-refractivity contribution < 1.29 is 9.90 Å². The Bertz CT molecular complexity index is 747. The van der Waals surface area contributed by atoms with E-state index in [2.05, 4.69) is 24.1 Å². The van der Waals surface area contributed by atoms with Crippen molar-refractivity contribution in [2.24, 2.45) is 5.92 Å². The van der Waals surface area contributed by atoms with Crippen molar-refractivity contribution in [2.45, 2.75) is 39.2 Å². The maximum absolute atomic E-state index is 12.2. The smallest absolute Gasteiger partial charge is 0.267 e. The lowest BCUT2D eigenvalue weighted by molar-refractivity contribution is 0.0428. The van der Waals surface area contributed by atoms with E-state index in [0.717, 1.165) is 6.42 Å². The first kappa shape index (κ1) is 17.2. The number of rotatable bonds is 6. The Balaban J connectivity index is 2.08. The van der Waals surface area contributed by atoms with Gasteiger partial charge in [0, 0.05) is 11.9 Å². The number of aromatic amines is 1. The molecule has 1 atom stereocenters. The molecule has 0 radical (unpaired) electrons. The molecule has 0 spiro atoms. The molecule has 1 aromatic carbocycles. The van der Waals surface area contributed by atoms with E-state index in [9.17, 15) is 14.7 Å². The number of H-pyrrole nitrogens is 1. The van der Waals surface area contributed by atoms with Crippen LogP contribution < -0.4 is 10.9 Å². The zero-order chi connectivity index (χ0) is 17.0. The van der Waals surface area contributed by atoms with E-state index in [1.807, 2.05) is 6.07 Å². The SMILES string of the molecule is CC(C)CCC(C)(O)CNC(=O)c1cc2ccccc2c(=O)[nH]1. The van der Waals surface area contributed by atoms with Crippen LogP contribution in [0.25, 0.3) is 10.8 Å². The summed E-state index contributed by atoms with van der Waals surface area (Å²) in [5.74, 6) is 0.103. The Labute approximate surface area is 135 Å². The molecule has 0 saturated heterocycles. The molecule has 124 valence electrons. The number of nitrogens with one attached hydrogen (secondary N) is 2. The Morgan fingerprint density at radius 3 is 2.74 bits per heavy atom. The minimum absolute atomic E-state index is 0.146. The van der Waals surface area contributed by atoms with Gasteiger partial charge in [0.15, 0.2) is 0 Å². The molecule has 1 amide bonds. The highest BCUT2D eigenvalue weighted by molar-refractivity contribution is 5.96. The molecular weight excluding hydrogens is 292 g/mol. The van der Waals surface area contributed by atoms with Crippen molar-refractivity contribution >= 4 is 16.7 Å². The van der Waals surface area contributed by atoms with Crippen LogP contribution in [0.1, 0.15) is 44.1 Å². The zero-order valence-corrected chi connectivity index (χ0v) is 13.8. The van der Waals surface area contributed by atoms with Gasteiger partial charge in [-0.1, -0.05) is 32.0 Å². The van der Waals surface area contributed by atoms with Gasteiger partial charge >= 0.3 is 0 Å². The summed E-state index contributed by atoms with van der Waals surface area (Å²) < 4.78 is 0. The fraction of sp³-hybridized carbons (Fsp3) is 0.444. The van der Waals surface area contributed by atoms with E-state index in [0.29, 0.717) is 23.1 Å². The van der Waals surface area contributed by atoms with Crippen molar-refractivity contribution in [1.29, 1.82) is 0 Å². The van der Waals surface area contributed by atoms with E-state index < -0.39 is 11.5 Å². The van der Waals surface area contributed by atoms with Crippen LogP contribution in [0, 0.1) is 5.92 Å². The molecule has 2 rings (SSSR count). The quantitative estimate of drug-likeness (QED) is 0.765. The lowest BCUT2D eigenvalue weighted by Crippen LogP contribution is -2.41. The lowest BCUT2D eigenvalue weighted by Gasteiger charge is -2.24. The molecule has 1 heterocycles. The fourth-order valence-corrected chi connectivity index (χ4v) is 2.39. The third-order valence-electron chi connectivity index (χ3n) is 3.89. The average Bonchev–Trinajstić information content (AvgIpc) is 2.51. The Hall–Kier alpha value is -2.14. The lowest BCUT2D eigenvalue weighted by atomic mass is 9.95. The molecule has 1 unspecified atom stereocenters. The Morgan fingerprint density at radius 2 is 2.04 bits per heavy atom. The molecule has 0 aliphatic rings. The van der Waals surface area contributed by atoms with E-state index >= 15 is 0 Å². The van der Waals surface area contributed by atoms with Gasteiger partial charge in [-0.05, 0) is 43.2 Å². The van der Waals surface area contributed by atoms with Crippen molar-refractivity contribution in [3.05, 3.63) is 46.4 Å².